The smallest absolute Gasteiger partial charge is 0.420 e. The average molecular weight is 341 g/mol. The summed E-state index contributed by atoms with van der Waals surface area (Å²) < 4.78 is 29.8. The summed E-state index contributed by atoms with van der Waals surface area (Å²) in [5, 5.41) is 9.08. The van der Waals surface area contributed by atoms with Crippen molar-refractivity contribution in [1.82, 2.24) is 14.9 Å². The number of hydrogen-bond donors (Lipinski definition) is 3. The molecule has 0 fully saturated rings. The predicted molar refractivity (Wildman–Crippen MR) is 68.6 cm³/mol. The summed E-state index contributed by atoms with van der Waals surface area (Å²) in [4.78, 5) is 11.0. The van der Waals surface area contributed by atoms with Gasteiger partial charge in [0.1, 0.15) is 5.88 Å². The molecule has 0 aliphatic rings. The fourth-order valence-electron chi connectivity index (χ4n) is 1.02. The van der Waals surface area contributed by atoms with Gasteiger partial charge in [0.15, 0.2) is 5.82 Å². The molecular formula is C8H13BrN4O4S. The van der Waals surface area contributed by atoms with Crippen molar-refractivity contribution in [2.45, 2.75) is 13.8 Å². The number of aromatic nitrogens is 2. The molecule has 1 heterocycles. The van der Waals surface area contributed by atoms with E-state index in [1.165, 1.54) is 0 Å². The fraction of sp³-hybridized carbons (Fsp3) is 0.500. The zero-order valence-corrected chi connectivity index (χ0v) is 12.2. The number of hydrogen-bond acceptors (Lipinski definition) is 6. The van der Waals surface area contributed by atoms with Crippen LogP contribution in [0.3, 0.4) is 0 Å². The van der Waals surface area contributed by atoms with Crippen LogP contribution in [0, 0.1) is 6.92 Å². The number of anilines is 1. The molecule has 10 heteroatoms. The van der Waals surface area contributed by atoms with E-state index in [-0.39, 0.29) is 6.61 Å². The van der Waals surface area contributed by atoms with Crippen LogP contribution in [-0.2, 0) is 14.8 Å². The van der Waals surface area contributed by atoms with Crippen molar-refractivity contribution in [1.29, 1.82) is 0 Å². The number of carbonyl (C=O) groups excluding carboxylic acids is 1. The van der Waals surface area contributed by atoms with Gasteiger partial charge in [0.25, 0.3) is 10.0 Å². The van der Waals surface area contributed by atoms with Gasteiger partial charge in [0, 0.05) is 5.69 Å². The van der Waals surface area contributed by atoms with E-state index in [1.807, 2.05) is 0 Å². The Hall–Kier alpha value is -1.29. The number of halogens is 1. The Kier molecular flexibility index (Phi) is 4.96. The van der Waals surface area contributed by atoms with Crippen LogP contribution in [0.25, 0.3) is 0 Å². The minimum Gasteiger partial charge on any atom is -0.449 e. The zero-order chi connectivity index (χ0) is 13.8. The first-order valence-corrected chi connectivity index (χ1v) is 7.42. The van der Waals surface area contributed by atoms with Gasteiger partial charge < -0.3 is 10.1 Å². The number of amides is 1. The van der Waals surface area contributed by atoms with Crippen molar-refractivity contribution in [3.8, 4) is 0 Å². The van der Waals surface area contributed by atoms with Gasteiger partial charge in [-0.15, -0.1) is 0 Å². The molecule has 1 aromatic heterocycles. The summed E-state index contributed by atoms with van der Waals surface area (Å²) in [5.74, 6) is -0.143. The summed E-state index contributed by atoms with van der Waals surface area (Å²) >= 11 is 3.23. The van der Waals surface area contributed by atoms with Crippen molar-refractivity contribution in [3.05, 3.63) is 10.2 Å². The van der Waals surface area contributed by atoms with E-state index in [2.05, 4.69) is 36.2 Å². The van der Waals surface area contributed by atoms with E-state index in [9.17, 15) is 13.2 Å². The Labute approximate surface area is 113 Å². The van der Waals surface area contributed by atoms with Crippen LogP contribution < -0.4 is 10.0 Å². The van der Waals surface area contributed by atoms with Crippen LogP contribution in [0.4, 0.5) is 10.6 Å². The number of sulfonamides is 1. The molecule has 0 aliphatic carbocycles. The standard InChI is InChI=1S/C8H13BrN4O4S/c1-3-17-8(14)13-18(15,16)4-10-7-6(9)5(2)11-12-7/h3-4H2,1-2H3,(H,13,14)(H2,10,11,12). The lowest BCUT2D eigenvalue weighted by atomic mass is 10.5. The Bertz CT molecular complexity index is 527. The van der Waals surface area contributed by atoms with E-state index >= 15 is 0 Å². The minimum atomic E-state index is -3.82. The van der Waals surface area contributed by atoms with Gasteiger partial charge in [0.05, 0.1) is 11.1 Å². The van der Waals surface area contributed by atoms with E-state index in [4.69, 9.17) is 0 Å². The minimum absolute atomic E-state index is 0.0961. The molecular weight excluding hydrogens is 328 g/mol. The highest BCUT2D eigenvalue weighted by molar-refractivity contribution is 9.10. The number of H-pyrrole nitrogens is 1. The first-order chi connectivity index (χ1) is 8.35. The highest BCUT2D eigenvalue weighted by Gasteiger charge is 2.16. The normalized spacial score (nSPS) is 11.1. The topological polar surface area (TPSA) is 113 Å². The third kappa shape index (κ3) is 4.18. The maximum Gasteiger partial charge on any atom is 0.420 e. The van der Waals surface area contributed by atoms with Crippen LogP contribution in [0.2, 0.25) is 0 Å². The van der Waals surface area contributed by atoms with Crippen LogP contribution in [0.1, 0.15) is 12.6 Å². The number of nitrogens with zero attached hydrogens (tertiary/aromatic N) is 1. The van der Waals surface area contributed by atoms with Crippen LogP contribution >= 0.6 is 15.9 Å². The maximum absolute atomic E-state index is 11.5. The van der Waals surface area contributed by atoms with Gasteiger partial charge >= 0.3 is 6.09 Å². The molecule has 3 N–H and O–H groups in total. The lowest BCUT2D eigenvalue weighted by molar-refractivity contribution is 0.158. The maximum atomic E-state index is 11.5. The zero-order valence-electron chi connectivity index (χ0n) is 9.78. The van der Waals surface area contributed by atoms with E-state index in [0.717, 1.165) is 5.69 Å². The van der Waals surface area contributed by atoms with E-state index < -0.39 is 22.0 Å². The molecule has 0 saturated heterocycles. The third-order valence-corrected chi connectivity index (χ3v) is 3.79. The number of rotatable bonds is 5. The lowest BCUT2D eigenvalue weighted by Crippen LogP contribution is -2.35. The van der Waals surface area contributed by atoms with Gasteiger partial charge in [-0.25, -0.2) is 17.9 Å². The molecule has 0 unspecified atom stereocenters. The molecule has 8 nitrogen and oxygen atoms in total. The van der Waals surface area contributed by atoms with Gasteiger partial charge in [-0.1, -0.05) is 0 Å². The largest absolute Gasteiger partial charge is 0.449 e. The number of aromatic amines is 1. The molecule has 1 aromatic rings. The molecule has 0 atom stereocenters. The molecule has 0 radical (unpaired) electrons. The highest BCUT2D eigenvalue weighted by atomic mass is 79.9. The van der Waals surface area contributed by atoms with Crippen LogP contribution in [0.5, 0.6) is 0 Å². The number of ether oxygens (including phenoxy) is 1. The van der Waals surface area contributed by atoms with Gasteiger partial charge in [-0.05, 0) is 29.8 Å². The molecule has 0 aromatic carbocycles. The van der Waals surface area contributed by atoms with Gasteiger partial charge in [-0.2, -0.15) is 5.10 Å². The molecule has 0 spiro atoms. The van der Waals surface area contributed by atoms with E-state index in [1.54, 1.807) is 18.6 Å². The summed E-state index contributed by atoms with van der Waals surface area (Å²) in [6.45, 7) is 3.45. The Balaban J connectivity index is 2.57. The monoisotopic (exact) mass is 340 g/mol. The second-order valence-corrected chi connectivity index (χ2v) is 5.78. The molecule has 0 saturated carbocycles. The molecule has 102 valence electrons. The summed E-state index contributed by atoms with van der Waals surface area (Å²) in [6.07, 6.45) is -1.00. The third-order valence-electron chi connectivity index (χ3n) is 1.82. The second kappa shape index (κ2) is 6.05. The average Bonchev–Trinajstić information content (AvgIpc) is 2.57. The quantitative estimate of drug-likeness (QED) is 0.734. The SMILES string of the molecule is CCOC(=O)NS(=O)(=O)CNc1n[nH]c(C)c1Br. The van der Waals surface area contributed by atoms with E-state index in [0.29, 0.717) is 10.3 Å². The van der Waals surface area contributed by atoms with Crippen molar-refractivity contribution in [2.24, 2.45) is 0 Å². The number of carbonyl (C=O) groups is 1. The van der Waals surface area contributed by atoms with Crippen molar-refractivity contribution >= 4 is 37.9 Å². The predicted octanol–water partition coefficient (Wildman–Crippen LogP) is 0.926. The first kappa shape index (κ1) is 14.8. The van der Waals surface area contributed by atoms with Gasteiger partial charge in [0.2, 0.25) is 0 Å². The van der Waals surface area contributed by atoms with Crippen LogP contribution in [-0.4, -0.2) is 37.2 Å². The van der Waals surface area contributed by atoms with Crippen molar-refractivity contribution in [3.63, 3.8) is 0 Å². The van der Waals surface area contributed by atoms with Crippen molar-refractivity contribution in [2.75, 3.05) is 17.8 Å². The molecule has 18 heavy (non-hydrogen) atoms. The molecule has 1 amide bonds. The van der Waals surface area contributed by atoms with Crippen molar-refractivity contribution < 1.29 is 17.9 Å². The highest BCUT2D eigenvalue weighted by Crippen LogP contribution is 2.22. The number of nitrogens with one attached hydrogen (secondary N) is 3. The number of aryl methyl sites for hydroxylation is 1. The Morgan fingerprint density at radius 1 is 1.56 bits per heavy atom. The summed E-state index contributed by atoms with van der Waals surface area (Å²) in [7, 11) is -3.82. The lowest BCUT2D eigenvalue weighted by Gasteiger charge is -2.07. The Morgan fingerprint density at radius 2 is 2.22 bits per heavy atom. The first-order valence-electron chi connectivity index (χ1n) is 4.97. The summed E-state index contributed by atoms with van der Waals surface area (Å²) in [6, 6.07) is 0. The van der Waals surface area contributed by atoms with Crippen LogP contribution in [0.15, 0.2) is 4.47 Å². The molecule has 0 aliphatic heterocycles. The molecule has 0 bridgehead atoms. The fourth-order valence-corrected chi connectivity index (χ4v) is 2.05. The Morgan fingerprint density at radius 3 is 2.72 bits per heavy atom. The molecule has 1 rings (SSSR count). The van der Waals surface area contributed by atoms with Gasteiger partial charge in [-0.3, -0.25) is 5.10 Å². The second-order valence-electron chi connectivity index (χ2n) is 3.27. The summed E-state index contributed by atoms with van der Waals surface area (Å²) in [5.41, 5.74) is 0.758.